The van der Waals surface area contributed by atoms with Crippen molar-refractivity contribution in [2.75, 3.05) is 7.05 Å². The Morgan fingerprint density at radius 3 is 2.86 bits per heavy atom. The zero-order valence-electron chi connectivity index (χ0n) is 12.3. The van der Waals surface area contributed by atoms with E-state index in [1.54, 1.807) is 17.4 Å². The Labute approximate surface area is 133 Å². The summed E-state index contributed by atoms with van der Waals surface area (Å²) >= 11 is 7.83. The first-order valence-corrected chi connectivity index (χ1v) is 8.21. The number of hydrogen-bond donors (Lipinski definition) is 1. The van der Waals surface area contributed by atoms with E-state index in [0.717, 1.165) is 29.1 Å². The normalized spacial score (nSPS) is 20.3. The molecule has 2 nitrogen and oxygen atoms in total. The van der Waals surface area contributed by atoms with Crippen LogP contribution in [0.1, 0.15) is 36.9 Å². The van der Waals surface area contributed by atoms with Crippen LogP contribution in [0.4, 0.5) is 4.39 Å². The molecule has 21 heavy (non-hydrogen) atoms. The van der Waals surface area contributed by atoms with E-state index in [1.165, 1.54) is 17.0 Å². The maximum atomic E-state index is 13.2. The molecule has 1 heterocycles. The first kappa shape index (κ1) is 14.9. The molecule has 0 radical (unpaired) electrons. The van der Waals surface area contributed by atoms with E-state index in [4.69, 9.17) is 16.6 Å². The van der Waals surface area contributed by atoms with Crippen molar-refractivity contribution in [3.63, 3.8) is 0 Å². The zero-order valence-corrected chi connectivity index (χ0v) is 13.9. The van der Waals surface area contributed by atoms with Crippen LogP contribution in [0.25, 0.3) is 10.6 Å². The number of thiazole rings is 1. The molecule has 1 N–H and O–H groups in total. The summed E-state index contributed by atoms with van der Waals surface area (Å²) in [5.41, 5.74) is 2.19. The van der Waals surface area contributed by atoms with E-state index in [0.29, 0.717) is 11.1 Å². The predicted octanol–water partition coefficient (Wildman–Crippen LogP) is 4.84. The van der Waals surface area contributed by atoms with Crippen LogP contribution in [0.2, 0.25) is 5.02 Å². The highest BCUT2D eigenvalue weighted by Gasteiger charge is 2.34. The van der Waals surface area contributed by atoms with Gasteiger partial charge in [0.15, 0.2) is 0 Å². The van der Waals surface area contributed by atoms with Gasteiger partial charge in [-0.05, 0) is 43.5 Å². The van der Waals surface area contributed by atoms with Crippen molar-refractivity contribution in [3.8, 4) is 10.6 Å². The highest BCUT2D eigenvalue weighted by atomic mass is 35.5. The minimum atomic E-state index is -0.320. The van der Waals surface area contributed by atoms with Crippen LogP contribution in [0, 0.1) is 11.2 Å². The molecule has 0 fully saturated rings. The number of fused-ring (bicyclic) bond motifs is 1. The first-order chi connectivity index (χ1) is 9.89. The van der Waals surface area contributed by atoms with Crippen LogP contribution in [-0.4, -0.2) is 12.0 Å². The number of benzene rings is 1. The van der Waals surface area contributed by atoms with Gasteiger partial charge in [-0.1, -0.05) is 25.4 Å². The van der Waals surface area contributed by atoms with Gasteiger partial charge < -0.3 is 5.32 Å². The van der Waals surface area contributed by atoms with Crippen LogP contribution < -0.4 is 5.32 Å². The van der Waals surface area contributed by atoms with Crippen molar-refractivity contribution in [2.24, 2.45) is 5.41 Å². The van der Waals surface area contributed by atoms with Crippen LogP contribution in [0.15, 0.2) is 18.2 Å². The summed E-state index contributed by atoms with van der Waals surface area (Å²) < 4.78 is 13.2. The van der Waals surface area contributed by atoms with Gasteiger partial charge >= 0.3 is 0 Å². The van der Waals surface area contributed by atoms with Gasteiger partial charge in [0.25, 0.3) is 0 Å². The lowest BCUT2D eigenvalue weighted by molar-refractivity contribution is 0.265. The fraction of sp³-hybridized carbons (Fsp3) is 0.438. The molecule has 5 heteroatoms. The van der Waals surface area contributed by atoms with Gasteiger partial charge in [0, 0.05) is 16.5 Å². The third kappa shape index (κ3) is 2.85. The van der Waals surface area contributed by atoms with Crippen molar-refractivity contribution in [3.05, 3.63) is 39.6 Å². The Bertz CT molecular complexity index is 681. The van der Waals surface area contributed by atoms with Crippen molar-refractivity contribution < 1.29 is 4.39 Å². The molecule has 0 spiro atoms. The molecule has 0 saturated heterocycles. The monoisotopic (exact) mass is 324 g/mol. The third-order valence-electron chi connectivity index (χ3n) is 3.96. The Balaban J connectivity index is 2.06. The van der Waals surface area contributed by atoms with Crippen LogP contribution in [0.3, 0.4) is 0 Å². The Morgan fingerprint density at radius 2 is 2.19 bits per heavy atom. The molecule has 112 valence electrons. The molecule has 3 rings (SSSR count). The largest absolute Gasteiger partial charge is 0.312 e. The second kappa shape index (κ2) is 5.34. The third-order valence-corrected chi connectivity index (χ3v) is 5.51. The molecule has 1 aromatic heterocycles. The van der Waals surface area contributed by atoms with E-state index in [9.17, 15) is 4.39 Å². The van der Waals surface area contributed by atoms with E-state index >= 15 is 0 Å². The number of nitrogens with one attached hydrogen (secondary N) is 1. The fourth-order valence-electron chi connectivity index (χ4n) is 2.94. The summed E-state index contributed by atoms with van der Waals surface area (Å²) in [5, 5.41) is 4.68. The quantitative estimate of drug-likeness (QED) is 0.855. The molecule has 0 saturated carbocycles. The summed E-state index contributed by atoms with van der Waals surface area (Å²) in [5.74, 6) is -0.320. The summed E-state index contributed by atoms with van der Waals surface area (Å²) in [6, 6.07) is 4.81. The van der Waals surface area contributed by atoms with Crippen LogP contribution in [0.5, 0.6) is 0 Å². The highest BCUT2D eigenvalue weighted by molar-refractivity contribution is 7.15. The minimum Gasteiger partial charge on any atom is -0.312 e. The zero-order chi connectivity index (χ0) is 15.2. The molecule has 1 aliphatic carbocycles. The lowest BCUT2D eigenvalue weighted by Crippen LogP contribution is -2.30. The van der Waals surface area contributed by atoms with Crippen molar-refractivity contribution in [1.29, 1.82) is 0 Å². The topological polar surface area (TPSA) is 24.9 Å². The molecule has 1 atom stereocenters. The van der Waals surface area contributed by atoms with Gasteiger partial charge in [-0.15, -0.1) is 11.3 Å². The van der Waals surface area contributed by atoms with Crippen molar-refractivity contribution >= 4 is 22.9 Å². The number of halogens is 2. The number of aromatic nitrogens is 1. The average Bonchev–Trinajstić information content (AvgIpc) is 2.79. The number of nitrogens with zero attached hydrogens (tertiary/aromatic N) is 1. The lowest BCUT2D eigenvalue weighted by atomic mass is 9.76. The van der Waals surface area contributed by atoms with Gasteiger partial charge in [-0.2, -0.15) is 0 Å². The standard InChI is InChI=1S/C16H18ClFN2S/c1-16(2)7-12(19-3)14-13(8-16)20-15(21-14)10-5-4-9(18)6-11(10)17/h4-6,12,19H,7-8H2,1-3H3. The Kier molecular flexibility index (Phi) is 3.80. The van der Waals surface area contributed by atoms with E-state index in [1.807, 2.05) is 7.05 Å². The number of rotatable bonds is 2. The summed E-state index contributed by atoms with van der Waals surface area (Å²) in [6.07, 6.45) is 2.06. The maximum Gasteiger partial charge on any atom is 0.125 e. The second-order valence-electron chi connectivity index (χ2n) is 6.34. The van der Waals surface area contributed by atoms with E-state index in [-0.39, 0.29) is 11.2 Å². The summed E-state index contributed by atoms with van der Waals surface area (Å²) in [7, 11) is 1.99. The van der Waals surface area contributed by atoms with Crippen molar-refractivity contribution in [1.82, 2.24) is 10.3 Å². The molecule has 1 aromatic carbocycles. The first-order valence-electron chi connectivity index (χ1n) is 7.02. The minimum absolute atomic E-state index is 0.235. The Morgan fingerprint density at radius 1 is 1.43 bits per heavy atom. The SMILES string of the molecule is CNC1CC(C)(C)Cc2nc(-c3ccc(F)cc3Cl)sc21. The molecule has 0 aliphatic heterocycles. The molecule has 0 bridgehead atoms. The van der Waals surface area contributed by atoms with Gasteiger partial charge in [-0.3, -0.25) is 0 Å². The van der Waals surface area contributed by atoms with Gasteiger partial charge in [0.1, 0.15) is 10.8 Å². The van der Waals surface area contributed by atoms with Gasteiger partial charge in [-0.25, -0.2) is 9.37 Å². The van der Waals surface area contributed by atoms with Crippen LogP contribution in [-0.2, 0) is 6.42 Å². The number of hydrogen-bond acceptors (Lipinski definition) is 3. The fourth-order valence-corrected chi connectivity index (χ4v) is 4.49. The molecule has 0 amide bonds. The second-order valence-corrected chi connectivity index (χ2v) is 7.78. The summed E-state index contributed by atoms with van der Waals surface area (Å²) in [4.78, 5) is 6.06. The molecule has 2 aromatic rings. The average molecular weight is 325 g/mol. The molecule has 1 unspecified atom stereocenters. The van der Waals surface area contributed by atoms with Crippen molar-refractivity contribution in [2.45, 2.75) is 32.7 Å². The predicted molar refractivity (Wildman–Crippen MR) is 86.4 cm³/mol. The smallest absolute Gasteiger partial charge is 0.125 e. The molecule has 1 aliphatic rings. The summed E-state index contributed by atoms with van der Waals surface area (Å²) in [6.45, 7) is 4.54. The van der Waals surface area contributed by atoms with Crippen LogP contribution >= 0.6 is 22.9 Å². The van der Waals surface area contributed by atoms with E-state index < -0.39 is 0 Å². The molecular weight excluding hydrogens is 307 g/mol. The lowest BCUT2D eigenvalue weighted by Gasteiger charge is -2.34. The maximum absolute atomic E-state index is 13.2. The van der Waals surface area contributed by atoms with Gasteiger partial charge in [0.05, 0.1) is 10.7 Å². The van der Waals surface area contributed by atoms with E-state index in [2.05, 4.69) is 19.2 Å². The highest BCUT2D eigenvalue weighted by Crippen LogP contribution is 2.45. The Hall–Kier alpha value is -0.970. The van der Waals surface area contributed by atoms with Gasteiger partial charge in [0.2, 0.25) is 0 Å². The molecular formula is C16H18ClFN2S.